The molecule has 0 bridgehead atoms. The molecule has 794 valence electrons. The summed E-state index contributed by atoms with van der Waals surface area (Å²) in [5.74, 6) is 5.29. The second kappa shape index (κ2) is 104. The summed E-state index contributed by atoms with van der Waals surface area (Å²) in [6.07, 6.45) is 124. The first-order valence-electron chi connectivity index (χ1n) is 61.7. The number of rotatable bonds is 102. The topological polar surface area (TPSA) is 87.5 Å². The van der Waals surface area contributed by atoms with Gasteiger partial charge in [0.05, 0.1) is 0 Å². The molecule has 0 aliphatic heterocycles. The van der Waals surface area contributed by atoms with Crippen LogP contribution in [0.15, 0.2) is 0 Å². The van der Waals surface area contributed by atoms with E-state index in [2.05, 4.69) is 160 Å². The Bertz CT molecular complexity index is 1770. The average Bonchev–Trinajstić information content (AvgIpc) is 0.823. The first-order valence-corrected chi connectivity index (χ1v) is 63.3. The molecule has 6 unspecified atom stereocenters. The molecule has 0 spiro atoms. The smallest absolute Gasteiger partial charge is 0.303 e. The zero-order valence-electron chi connectivity index (χ0n) is 95.3. The average molecular weight is 1870 g/mol. The molecule has 6 atom stereocenters. The van der Waals surface area contributed by atoms with E-state index in [1.165, 1.54) is 598 Å². The van der Waals surface area contributed by atoms with Gasteiger partial charge in [-0.2, -0.15) is 0 Å². The lowest BCUT2D eigenvalue weighted by atomic mass is 9.78. The van der Waals surface area contributed by atoms with Gasteiger partial charge in [0, 0.05) is 55.9 Å². The van der Waals surface area contributed by atoms with Crippen LogP contribution in [0.4, 0.5) is 0 Å². The van der Waals surface area contributed by atoms with Crippen molar-refractivity contribution >= 4 is 7.82 Å². The summed E-state index contributed by atoms with van der Waals surface area (Å²) in [5, 5.41) is 0. The minimum absolute atomic E-state index is 0.444. The zero-order valence-corrected chi connectivity index (χ0v) is 96.2. The van der Waals surface area contributed by atoms with E-state index >= 15 is 0 Å². The van der Waals surface area contributed by atoms with Gasteiger partial charge in [-0.1, -0.05) is 608 Å². The molecule has 3 N–H and O–H groups in total. The first-order chi connectivity index (χ1) is 63.7. The molecule has 0 rings (SSSR count). The molecule has 0 aliphatic rings. The van der Waals surface area contributed by atoms with Gasteiger partial charge in [0.1, 0.15) is 0 Å². The maximum absolute atomic E-state index is 8.88. The van der Waals surface area contributed by atoms with Crippen molar-refractivity contribution in [2.75, 3.05) is 39.3 Å². The van der Waals surface area contributed by atoms with E-state index in [1.54, 1.807) is 0 Å². The van der Waals surface area contributed by atoms with Gasteiger partial charge in [-0.05, 0) is 132 Å². The Kier molecular flexibility index (Phi) is 109. The summed E-state index contributed by atoms with van der Waals surface area (Å²) < 4.78 is 8.88. The van der Waals surface area contributed by atoms with Crippen LogP contribution in [0, 0.1) is 35.5 Å². The number of nitrogens with zero attached hydrogens (tertiary/aromatic N) is 3. The second-order valence-electron chi connectivity index (χ2n) is 44.1. The van der Waals surface area contributed by atoms with Crippen LogP contribution in [0.2, 0.25) is 0 Å². The van der Waals surface area contributed by atoms with E-state index in [9.17, 15) is 0 Å². The molecule has 0 aromatic carbocycles. The molecule has 0 fully saturated rings. The minimum atomic E-state index is -4.64. The molecule has 7 nitrogen and oxygen atoms in total. The number of unbranched alkanes of at least 4 members (excludes halogenated alkanes) is 51. The van der Waals surface area contributed by atoms with E-state index in [0.29, 0.717) is 16.6 Å². The van der Waals surface area contributed by atoms with Crippen LogP contribution in [-0.4, -0.2) is 85.3 Å². The third kappa shape index (κ3) is 84.2. The summed E-state index contributed by atoms with van der Waals surface area (Å²) in [4.78, 5) is 31.2. The summed E-state index contributed by atoms with van der Waals surface area (Å²) in [6.45, 7) is 58.7. The van der Waals surface area contributed by atoms with Gasteiger partial charge < -0.3 is 14.7 Å². The van der Waals surface area contributed by atoms with Gasteiger partial charge in [-0.25, -0.2) is 4.57 Å². The molecule has 0 saturated carbocycles. The molecule has 0 heterocycles. The van der Waals surface area contributed by atoms with Crippen molar-refractivity contribution in [3.63, 3.8) is 0 Å². The van der Waals surface area contributed by atoms with Crippen molar-refractivity contribution in [3.8, 4) is 0 Å². The Labute approximate surface area is 831 Å². The Morgan fingerprint density at radius 3 is 0.344 bits per heavy atom. The zero-order chi connectivity index (χ0) is 98.0. The van der Waals surface area contributed by atoms with E-state index < -0.39 is 7.82 Å². The predicted molar refractivity (Wildman–Crippen MR) is 599 cm³/mol. The lowest BCUT2D eigenvalue weighted by molar-refractivity contribution is 0.0206. The van der Waals surface area contributed by atoms with Crippen molar-refractivity contribution in [1.29, 1.82) is 0 Å². The molecule has 0 aromatic rings. The Morgan fingerprint density at radius 2 is 0.252 bits per heavy atom. The quantitative estimate of drug-likeness (QED) is 0.0413. The van der Waals surface area contributed by atoms with Crippen LogP contribution in [0.1, 0.15) is 704 Å². The van der Waals surface area contributed by atoms with Gasteiger partial charge in [0.15, 0.2) is 0 Å². The number of phosphoric acid groups is 1. The fraction of sp³-hybridized carbons (Fsp3) is 1.00. The van der Waals surface area contributed by atoms with Crippen LogP contribution in [0.25, 0.3) is 0 Å². The number of hydrogen-bond acceptors (Lipinski definition) is 4. The summed E-state index contributed by atoms with van der Waals surface area (Å²) >= 11 is 0. The SMILES string of the molecule is CCCCCCCCC(CCCCCCCC)(CCCCCCCC)N(CC(CC)CCCC)CC(CC)CCCC.CCCCCCCCC(CCCCCCCC)(CCCCCCCC)N(CC(CC)CCCC)CC(CC)CCCC.CCCCCCCCC(CCCCCCCC)(CCCCCCCC)N(CC(CC)CCCC)CC(CC)CCCC.O=P(O)(O)O. The second-order valence-corrected chi connectivity index (χ2v) is 45.1. The van der Waals surface area contributed by atoms with Crippen molar-refractivity contribution < 1.29 is 19.2 Å². The van der Waals surface area contributed by atoms with Crippen molar-refractivity contribution in [3.05, 3.63) is 0 Å². The van der Waals surface area contributed by atoms with E-state index in [0.717, 1.165) is 35.5 Å². The maximum Gasteiger partial charge on any atom is 0.466 e. The lowest BCUT2D eigenvalue weighted by Crippen LogP contribution is -2.52. The van der Waals surface area contributed by atoms with Gasteiger partial charge in [-0.3, -0.25) is 14.7 Å². The molecule has 131 heavy (non-hydrogen) atoms. The van der Waals surface area contributed by atoms with Crippen LogP contribution < -0.4 is 0 Å². The third-order valence-corrected chi connectivity index (χ3v) is 32.1. The normalized spacial score (nSPS) is 13.6. The van der Waals surface area contributed by atoms with Crippen LogP contribution in [0.3, 0.4) is 0 Å². The molecule has 0 aliphatic carbocycles. The van der Waals surface area contributed by atoms with Crippen LogP contribution in [0.5, 0.6) is 0 Å². The molecular weight excluding hydrogens is 1610 g/mol. The lowest BCUT2D eigenvalue weighted by Gasteiger charge is -2.48. The molecule has 0 amide bonds. The van der Waals surface area contributed by atoms with E-state index in [1.807, 2.05) is 0 Å². The number of hydrogen-bond donors (Lipinski definition) is 3. The highest BCUT2D eigenvalue weighted by Gasteiger charge is 2.41. The van der Waals surface area contributed by atoms with Gasteiger partial charge in [0.2, 0.25) is 0 Å². The molecule has 0 radical (unpaired) electrons. The molecule has 8 heteroatoms. The highest BCUT2D eigenvalue weighted by molar-refractivity contribution is 7.45. The monoisotopic (exact) mass is 1870 g/mol. The highest BCUT2D eigenvalue weighted by atomic mass is 31.2. The van der Waals surface area contributed by atoms with Crippen LogP contribution >= 0.6 is 7.82 Å². The highest BCUT2D eigenvalue weighted by Crippen LogP contribution is 2.43. The van der Waals surface area contributed by atoms with Gasteiger partial charge in [0.25, 0.3) is 0 Å². The van der Waals surface area contributed by atoms with Crippen molar-refractivity contribution in [1.82, 2.24) is 14.7 Å². The van der Waals surface area contributed by atoms with Crippen molar-refractivity contribution in [2.45, 2.75) is 721 Å². The predicted octanol–water partition coefficient (Wildman–Crippen LogP) is 43.2. The van der Waals surface area contributed by atoms with Gasteiger partial charge in [-0.15, -0.1) is 0 Å². The van der Waals surface area contributed by atoms with Crippen LogP contribution in [-0.2, 0) is 4.57 Å². The largest absolute Gasteiger partial charge is 0.466 e. The third-order valence-electron chi connectivity index (χ3n) is 32.1. The molecule has 0 saturated heterocycles. The maximum atomic E-state index is 8.88. The standard InChI is InChI=1S/3C41H85N.H3O4P/c3*1-8-15-20-23-26-29-34-41(35-30-27-24-21-16-9-2,36-31-28-25-22-17-10-3)42(37-39(13-6)32-18-11-4)38-40(14-7)33-19-12-5;1-5(2,3)4/h3*39-40H,8-38H2,1-7H3;(H3,1,2,3,4). The Morgan fingerprint density at radius 1 is 0.160 bits per heavy atom. The molecule has 0 aromatic heterocycles. The summed E-state index contributed by atoms with van der Waals surface area (Å²) in [5.41, 5.74) is 1.33. The fourth-order valence-electron chi connectivity index (χ4n) is 22.4. The minimum Gasteiger partial charge on any atom is -0.303 e. The van der Waals surface area contributed by atoms with Gasteiger partial charge >= 0.3 is 7.82 Å². The Balaban J connectivity index is -0.000000898. The fourth-order valence-corrected chi connectivity index (χ4v) is 22.4. The first kappa shape index (κ1) is 137. The van der Waals surface area contributed by atoms with E-state index in [-0.39, 0.29) is 0 Å². The summed E-state index contributed by atoms with van der Waals surface area (Å²) in [7, 11) is -4.64. The molecular formula is C123H258N3O4P. The van der Waals surface area contributed by atoms with Crippen molar-refractivity contribution in [2.24, 2.45) is 35.5 Å². The van der Waals surface area contributed by atoms with E-state index in [4.69, 9.17) is 19.2 Å². The summed E-state index contributed by atoms with van der Waals surface area (Å²) in [6, 6.07) is 0. The Hall–Kier alpha value is -0.0100.